The number of carbonyl (C=O) groups excluding carboxylic acids is 3. The van der Waals surface area contributed by atoms with Crippen molar-refractivity contribution in [3.8, 4) is 0 Å². The number of nitrogens with zero attached hydrogens (tertiary/aromatic N) is 1. The van der Waals surface area contributed by atoms with Gasteiger partial charge in [-0.05, 0) is 30.3 Å². The van der Waals surface area contributed by atoms with E-state index in [1.54, 1.807) is 0 Å². The quantitative estimate of drug-likeness (QED) is 0.463. The van der Waals surface area contributed by atoms with Gasteiger partial charge in [-0.1, -0.05) is 11.6 Å². The molecule has 0 saturated heterocycles. The number of rotatable bonds is 5. The second-order valence-electron chi connectivity index (χ2n) is 4.48. The maximum Gasteiger partial charge on any atom is 0.433 e. The molecule has 0 unspecified atom stereocenters. The minimum atomic E-state index is -1.06. The molecule has 10 nitrogen and oxygen atoms in total. The average Bonchev–Trinajstić information content (AvgIpc) is 3.08. The number of hydrazine groups is 1. The molecule has 11 heteroatoms. The van der Waals surface area contributed by atoms with Gasteiger partial charge in [0.1, 0.15) is 4.92 Å². The summed E-state index contributed by atoms with van der Waals surface area (Å²) < 4.78 is 9.22. The topological polar surface area (TPSA) is 141 Å². The lowest BCUT2D eigenvalue weighted by Crippen LogP contribution is -2.43. The van der Waals surface area contributed by atoms with Crippen molar-refractivity contribution in [2.75, 3.05) is 6.61 Å². The molecule has 1 heterocycles. The van der Waals surface area contributed by atoms with Gasteiger partial charge in [0.2, 0.25) is 5.76 Å². The molecule has 130 valence electrons. The molecule has 0 aliphatic heterocycles. The van der Waals surface area contributed by atoms with E-state index < -0.39 is 41.0 Å². The van der Waals surface area contributed by atoms with Crippen LogP contribution < -0.4 is 10.9 Å². The van der Waals surface area contributed by atoms with Crippen molar-refractivity contribution in [1.29, 1.82) is 0 Å². The van der Waals surface area contributed by atoms with E-state index in [4.69, 9.17) is 11.6 Å². The number of nitrogens with one attached hydrogen (secondary N) is 2. The summed E-state index contributed by atoms with van der Waals surface area (Å²) in [6.07, 6.45) is 0. The molecule has 1 aromatic heterocycles. The maximum absolute atomic E-state index is 11.7. The van der Waals surface area contributed by atoms with Crippen molar-refractivity contribution >= 4 is 35.3 Å². The van der Waals surface area contributed by atoms with Crippen LogP contribution in [0.4, 0.5) is 5.88 Å². The fourth-order valence-corrected chi connectivity index (χ4v) is 1.70. The van der Waals surface area contributed by atoms with E-state index in [-0.39, 0.29) is 5.56 Å². The van der Waals surface area contributed by atoms with Crippen molar-refractivity contribution in [1.82, 2.24) is 10.9 Å². The number of halogens is 1. The van der Waals surface area contributed by atoms with Gasteiger partial charge in [0.25, 0.3) is 11.8 Å². The number of benzene rings is 1. The molecule has 0 bridgehead atoms. The number of amides is 2. The third-order valence-electron chi connectivity index (χ3n) is 2.73. The van der Waals surface area contributed by atoms with Gasteiger partial charge in [-0.3, -0.25) is 30.6 Å². The molecule has 0 aliphatic carbocycles. The smallest absolute Gasteiger partial charge is 0.433 e. The van der Waals surface area contributed by atoms with Crippen LogP contribution in [0, 0.1) is 10.1 Å². The fourth-order valence-electron chi connectivity index (χ4n) is 1.57. The van der Waals surface area contributed by atoms with Crippen molar-refractivity contribution in [2.24, 2.45) is 0 Å². The minimum absolute atomic E-state index is 0.254. The lowest BCUT2D eigenvalue weighted by molar-refractivity contribution is -0.402. The van der Waals surface area contributed by atoms with Crippen LogP contribution in [0.25, 0.3) is 0 Å². The monoisotopic (exact) mass is 367 g/mol. The number of carbonyl (C=O) groups is 3. The number of furan rings is 1. The molecule has 0 spiro atoms. The Bertz CT molecular complexity index is 816. The van der Waals surface area contributed by atoms with Gasteiger partial charge in [0, 0.05) is 10.6 Å². The summed E-state index contributed by atoms with van der Waals surface area (Å²) in [5, 5.41) is 10.9. The lowest BCUT2D eigenvalue weighted by atomic mass is 10.2. The molecule has 2 N–H and O–H groups in total. The molecule has 0 atom stereocenters. The van der Waals surface area contributed by atoms with Crippen LogP contribution >= 0.6 is 11.6 Å². The van der Waals surface area contributed by atoms with Gasteiger partial charge in [0.15, 0.2) is 6.61 Å². The number of hydrogen-bond acceptors (Lipinski definition) is 7. The predicted octanol–water partition coefficient (Wildman–Crippen LogP) is 1.46. The van der Waals surface area contributed by atoms with Crippen LogP contribution in [-0.2, 0) is 9.53 Å². The first-order chi connectivity index (χ1) is 11.9. The molecule has 0 radical (unpaired) electrons. The van der Waals surface area contributed by atoms with Crippen LogP contribution in [-0.4, -0.2) is 29.3 Å². The Labute approximate surface area is 144 Å². The second-order valence-corrected chi connectivity index (χ2v) is 4.92. The first-order valence-electron chi connectivity index (χ1n) is 6.63. The molecular formula is C14H10ClN3O7. The summed E-state index contributed by atoms with van der Waals surface area (Å²) in [7, 11) is 0. The minimum Gasteiger partial charge on any atom is -0.450 e. The molecule has 2 aromatic rings. The fraction of sp³-hybridized carbons (Fsp3) is 0.0714. The molecule has 1 aromatic carbocycles. The molecule has 2 amide bonds. The Hall–Kier alpha value is -3.40. The van der Waals surface area contributed by atoms with Crippen LogP contribution in [0.5, 0.6) is 0 Å². The van der Waals surface area contributed by atoms with Gasteiger partial charge in [-0.2, -0.15) is 0 Å². The third kappa shape index (κ3) is 5.04. The van der Waals surface area contributed by atoms with E-state index in [9.17, 15) is 24.5 Å². The average molecular weight is 368 g/mol. The number of esters is 1. The maximum atomic E-state index is 11.7. The van der Waals surface area contributed by atoms with Crippen molar-refractivity contribution in [3.05, 3.63) is 62.9 Å². The Balaban J connectivity index is 1.78. The van der Waals surface area contributed by atoms with Crippen molar-refractivity contribution in [2.45, 2.75) is 0 Å². The highest BCUT2D eigenvalue weighted by Gasteiger charge is 2.19. The zero-order chi connectivity index (χ0) is 18.4. The van der Waals surface area contributed by atoms with Crippen LogP contribution in [0.15, 0.2) is 40.8 Å². The molecule has 0 aliphatic rings. The van der Waals surface area contributed by atoms with Gasteiger partial charge in [-0.15, -0.1) is 0 Å². The predicted molar refractivity (Wildman–Crippen MR) is 82.7 cm³/mol. The molecule has 25 heavy (non-hydrogen) atoms. The molecule has 0 saturated carbocycles. The molecule has 2 rings (SSSR count). The van der Waals surface area contributed by atoms with Crippen LogP contribution in [0.2, 0.25) is 5.02 Å². The summed E-state index contributed by atoms with van der Waals surface area (Å²) >= 11 is 5.69. The highest BCUT2D eigenvalue weighted by Crippen LogP contribution is 2.16. The van der Waals surface area contributed by atoms with Crippen LogP contribution in [0.1, 0.15) is 20.9 Å². The largest absolute Gasteiger partial charge is 0.450 e. The summed E-state index contributed by atoms with van der Waals surface area (Å²) in [5.74, 6) is -3.54. The highest BCUT2D eigenvalue weighted by molar-refractivity contribution is 6.30. The van der Waals surface area contributed by atoms with E-state index in [1.165, 1.54) is 24.3 Å². The van der Waals surface area contributed by atoms with Gasteiger partial charge >= 0.3 is 11.9 Å². The zero-order valence-electron chi connectivity index (χ0n) is 12.4. The van der Waals surface area contributed by atoms with E-state index >= 15 is 0 Å². The Morgan fingerprint density at radius 2 is 1.80 bits per heavy atom. The SMILES string of the molecule is O=C(COC(=O)c1ccc([N+](=O)[O-])o1)NNC(=O)c1ccc(Cl)cc1. The summed E-state index contributed by atoms with van der Waals surface area (Å²) in [4.78, 5) is 44.4. The van der Waals surface area contributed by atoms with E-state index in [0.717, 1.165) is 12.1 Å². The van der Waals surface area contributed by atoms with Crippen molar-refractivity contribution in [3.63, 3.8) is 0 Å². The van der Waals surface area contributed by atoms with E-state index in [1.807, 2.05) is 5.43 Å². The number of ether oxygens (including phenoxy) is 1. The number of nitro groups is 1. The summed E-state index contributed by atoms with van der Waals surface area (Å²) in [6.45, 7) is -0.728. The molecular weight excluding hydrogens is 358 g/mol. The lowest BCUT2D eigenvalue weighted by Gasteiger charge is -2.07. The summed E-state index contributed by atoms with van der Waals surface area (Å²) in [5.41, 5.74) is 4.41. The zero-order valence-corrected chi connectivity index (χ0v) is 13.1. The molecule has 0 fully saturated rings. The van der Waals surface area contributed by atoms with E-state index in [0.29, 0.717) is 5.02 Å². The first kappa shape index (κ1) is 17.9. The standard InChI is InChI=1S/C14H10ClN3O7/c15-9-3-1-8(2-4-9)13(20)17-16-11(19)7-24-14(21)10-5-6-12(25-10)18(22)23/h1-6H,7H2,(H,16,19)(H,17,20). The number of hydrogen-bond donors (Lipinski definition) is 2. The highest BCUT2D eigenvalue weighted by atomic mass is 35.5. The van der Waals surface area contributed by atoms with Gasteiger partial charge < -0.3 is 9.15 Å². The van der Waals surface area contributed by atoms with Crippen molar-refractivity contribution < 1.29 is 28.5 Å². The Kier molecular flexibility index (Phi) is 5.69. The van der Waals surface area contributed by atoms with E-state index in [2.05, 4.69) is 14.6 Å². The van der Waals surface area contributed by atoms with Crippen LogP contribution in [0.3, 0.4) is 0 Å². The Morgan fingerprint density at radius 1 is 1.12 bits per heavy atom. The first-order valence-corrected chi connectivity index (χ1v) is 7.00. The summed E-state index contributed by atoms with van der Waals surface area (Å²) in [6, 6.07) is 7.93. The Morgan fingerprint density at radius 3 is 2.40 bits per heavy atom. The third-order valence-corrected chi connectivity index (χ3v) is 2.98. The second kappa shape index (κ2) is 7.93. The normalized spacial score (nSPS) is 9.96. The van der Waals surface area contributed by atoms with Gasteiger partial charge in [0.05, 0.1) is 6.07 Å². The van der Waals surface area contributed by atoms with Gasteiger partial charge in [-0.25, -0.2) is 4.79 Å².